The summed E-state index contributed by atoms with van der Waals surface area (Å²) in [5.41, 5.74) is 7.06. The van der Waals surface area contributed by atoms with E-state index in [-0.39, 0.29) is 17.8 Å². The molecule has 174 valence electrons. The standard InChI is InChI=1S/C28H34ClN2O2/c1-28(2)18-24-27(20-9-7-6-8-10-20)26(21-11-13-22(29)14-12-21)23(30(24)19-28)17-25(32)33-16-15-31(3,4)5/h6-14H,15-19H2,1-5H3/q+1. The second kappa shape index (κ2) is 9.00. The molecular weight excluding hydrogens is 432 g/mol. The number of esters is 1. The number of likely N-dealkylation sites (N-methyl/N-ethyl adjacent to an activating group) is 1. The average Bonchev–Trinajstić information content (AvgIpc) is 3.19. The number of rotatable bonds is 7. The van der Waals surface area contributed by atoms with Crippen molar-refractivity contribution in [3.63, 3.8) is 0 Å². The van der Waals surface area contributed by atoms with Crippen LogP contribution in [0.15, 0.2) is 54.6 Å². The Hall–Kier alpha value is -2.56. The van der Waals surface area contributed by atoms with Gasteiger partial charge in [0.1, 0.15) is 13.2 Å². The minimum absolute atomic E-state index is 0.139. The van der Waals surface area contributed by atoms with E-state index in [9.17, 15) is 4.79 Å². The highest BCUT2D eigenvalue weighted by Crippen LogP contribution is 2.47. The van der Waals surface area contributed by atoms with E-state index in [1.54, 1.807) is 0 Å². The van der Waals surface area contributed by atoms with Gasteiger partial charge in [-0.25, -0.2) is 0 Å². The second-order valence-electron chi connectivity index (χ2n) is 10.9. The van der Waals surface area contributed by atoms with Crippen molar-refractivity contribution in [2.75, 3.05) is 34.3 Å². The van der Waals surface area contributed by atoms with E-state index in [2.05, 4.69) is 76.0 Å². The molecule has 3 aromatic rings. The molecule has 1 aliphatic heterocycles. The largest absolute Gasteiger partial charge is 0.459 e. The average molecular weight is 466 g/mol. The zero-order chi connectivity index (χ0) is 23.8. The Kier molecular flexibility index (Phi) is 6.43. The molecule has 1 aliphatic rings. The molecule has 0 bridgehead atoms. The van der Waals surface area contributed by atoms with Crippen LogP contribution < -0.4 is 0 Å². The molecule has 0 radical (unpaired) electrons. The van der Waals surface area contributed by atoms with Crippen LogP contribution in [-0.2, 0) is 28.9 Å². The fraction of sp³-hybridized carbons (Fsp3) is 0.393. The zero-order valence-electron chi connectivity index (χ0n) is 20.3. The first kappa shape index (κ1) is 23.6. The van der Waals surface area contributed by atoms with E-state index < -0.39 is 0 Å². The first-order valence-corrected chi connectivity index (χ1v) is 11.9. The summed E-state index contributed by atoms with van der Waals surface area (Å²) in [6.45, 7) is 6.67. The van der Waals surface area contributed by atoms with Crippen molar-refractivity contribution in [1.82, 2.24) is 4.57 Å². The van der Waals surface area contributed by atoms with Gasteiger partial charge in [-0.15, -0.1) is 0 Å². The first-order valence-electron chi connectivity index (χ1n) is 11.6. The van der Waals surface area contributed by atoms with E-state index in [1.807, 2.05) is 18.2 Å². The summed E-state index contributed by atoms with van der Waals surface area (Å²) >= 11 is 6.21. The van der Waals surface area contributed by atoms with Gasteiger partial charge in [0.15, 0.2) is 0 Å². The van der Waals surface area contributed by atoms with Gasteiger partial charge < -0.3 is 13.8 Å². The maximum absolute atomic E-state index is 13.0. The smallest absolute Gasteiger partial charge is 0.312 e. The second-order valence-corrected chi connectivity index (χ2v) is 11.3. The van der Waals surface area contributed by atoms with Crippen LogP contribution in [0.3, 0.4) is 0 Å². The maximum Gasteiger partial charge on any atom is 0.312 e. The Morgan fingerprint density at radius 3 is 2.27 bits per heavy atom. The number of quaternary nitrogens is 1. The third-order valence-corrected chi connectivity index (χ3v) is 6.50. The summed E-state index contributed by atoms with van der Waals surface area (Å²) in [5, 5.41) is 0.703. The fourth-order valence-electron chi connectivity index (χ4n) is 4.68. The highest BCUT2D eigenvalue weighted by Gasteiger charge is 2.36. The predicted molar refractivity (Wildman–Crippen MR) is 135 cm³/mol. The monoisotopic (exact) mass is 465 g/mol. The molecule has 0 atom stereocenters. The van der Waals surface area contributed by atoms with E-state index in [4.69, 9.17) is 16.3 Å². The normalized spacial score (nSPS) is 14.8. The molecule has 0 unspecified atom stereocenters. The topological polar surface area (TPSA) is 31.2 Å². The molecule has 4 rings (SSSR count). The van der Waals surface area contributed by atoms with Gasteiger partial charge in [0.25, 0.3) is 0 Å². The molecule has 0 amide bonds. The lowest BCUT2D eigenvalue weighted by Gasteiger charge is -2.23. The number of nitrogens with zero attached hydrogens (tertiary/aromatic N) is 2. The molecule has 0 aliphatic carbocycles. The molecule has 0 saturated heterocycles. The molecule has 2 aromatic carbocycles. The van der Waals surface area contributed by atoms with E-state index in [0.29, 0.717) is 11.6 Å². The molecule has 0 spiro atoms. The third-order valence-electron chi connectivity index (χ3n) is 6.24. The van der Waals surface area contributed by atoms with Crippen LogP contribution in [0.1, 0.15) is 25.2 Å². The Morgan fingerprint density at radius 1 is 1.00 bits per heavy atom. The van der Waals surface area contributed by atoms with Crippen LogP contribution in [-0.4, -0.2) is 49.3 Å². The molecule has 0 fully saturated rings. The number of hydrogen-bond acceptors (Lipinski definition) is 2. The van der Waals surface area contributed by atoms with Gasteiger partial charge in [-0.2, -0.15) is 0 Å². The zero-order valence-corrected chi connectivity index (χ0v) is 21.1. The number of halogens is 1. The van der Waals surface area contributed by atoms with Gasteiger partial charge in [-0.05, 0) is 35.1 Å². The van der Waals surface area contributed by atoms with Crippen molar-refractivity contribution in [2.45, 2.75) is 33.2 Å². The van der Waals surface area contributed by atoms with Crippen molar-refractivity contribution < 1.29 is 14.0 Å². The number of fused-ring (bicyclic) bond motifs is 1. The Morgan fingerprint density at radius 2 is 1.64 bits per heavy atom. The van der Waals surface area contributed by atoms with E-state index in [0.717, 1.165) is 40.8 Å². The van der Waals surface area contributed by atoms with Crippen molar-refractivity contribution in [3.05, 3.63) is 71.0 Å². The predicted octanol–water partition coefficient (Wildman–Crippen LogP) is 5.85. The van der Waals surface area contributed by atoms with Crippen LogP contribution in [0.5, 0.6) is 0 Å². The Bertz CT molecular complexity index is 1140. The maximum atomic E-state index is 13.0. The van der Waals surface area contributed by atoms with Gasteiger partial charge in [0.2, 0.25) is 0 Å². The summed E-state index contributed by atoms with van der Waals surface area (Å²) in [6, 6.07) is 18.4. The summed E-state index contributed by atoms with van der Waals surface area (Å²) in [7, 11) is 6.29. The molecule has 4 nitrogen and oxygen atoms in total. The first-order chi connectivity index (χ1) is 15.5. The van der Waals surface area contributed by atoms with Crippen molar-refractivity contribution >= 4 is 17.6 Å². The number of aromatic nitrogens is 1. The summed E-state index contributed by atoms with van der Waals surface area (Å²) in [6.07, 6.45) is 1.22. The lowest BCUT2D eigenvalue weighted by Crippen LogP contribution is -2.38. The van der Waals surface area contributed by atoms with Gasteiger partial charge in [-0.1, -0.05) is 67.9 Å². The van der Waals surface area contributed by atoms with Crippen LogP contribution in [0.25, 0.3) is 22.3 Å². The molecule has 5 heteroatoms. The highest BCUT2D eigenvalue weighted by atomic mass is 35.5. The van der Waals surface area contributed by atoms with Crippen LogP contribution >= 0.6 is 11.6 Å². The van der Waals surface area contributed by atoms with Crippen molar-refractivity contribution in [3.8, 4) is 22.3 Å². The van der Waals surface area contributed by atoms with E-state index in [1.165, 1.54) is 16.8 Å². The number of ether oxygens (including phenoxy) is 1. The number of carbonyl (C=O) groups excluding carboxylic acids is 1. The minimum Gasteiger partial charge on any atom is -0.459 e. The Balaban J connectivity index is 1.81. The minimum atomic E-state index is -0.178. The fourth-order valence-corrected chi connectivity index (χ4v) is 4.81. The lowest BCUT2D eigenvalue weighted by atomic mass is 9.86. The van der Waals surface area contributed by atoms with Gasteiger partial charge in [-0.3, -0.25) is 4.79 Å². The molecule has 0 saturated carbocycles. The van der Waals surface area contributed by atoms with Crippen molar-refractivity contribution in [2.24, 2.45) is 5.41 Å². The molecule has 0 N–H and O–H groups in total. The summed E-state index contributed by atoms with van der Waals surface area (Å²) in [4.78, 5) is 13.0. The lowest BCUT2D eigenvalue weighted by molar-refractivity contribution is -0.870. The van der Waals surface area contributed by atoms with Gasteiger partial charge >= 0.3 is 5.97 Å². The molecule has 2 heterocycles. The summed E-state index contributed by atoms with van der Waals surface area (Å²) in [5.74, 6) is -0.178. The van der Waals surface area contributed by atoms with Crippen molar-refractivity contribution in [1.29, 1.82) is 0 Å². The number of hydrogen-bond donors (Lipinski definition) is 0. The highest BCUT2D eigenvalue weighted by molar-refractivity contribution is 6.30. The SMILES string of the molecule is CC1(C)Cc2c(-c3ccccc3)c(-c3ccc(Cl)cc3)c(CC(=O)OCC[N+](C)(C)C)n2C1. The van der Waals surface area contributed by atoms with Crippen LogP contribution in [0.4, 0.5) is 0 Å². The molecule has 1 aromatic heterocycles. The third kappa shape index (κ3) is 5.34. The van der Waals surface area contributed by atoms with Gasteiger partial charge in [0, 0.05) is 34.1 Å². The Labute approximate surface area is 202 Å². The van der Waals surface area contributed by atoms with Crippen LogP contribution in [0, 0.1) is 5.41 Å². The quantitative estimate of drug-likeness (QED) is 0.323. The number of carbonyl (C=O) groups is 1. The molecule has 33 heavy (non-hydrogen) atoms. The van der Waals surface area contributed by atoms with Crippen LogP contribution in [0.2, 0.25) is 5.02 Å². The van der Waals surface area contributed by atoms with Gasteiger partial charge in [0.05, 0.1) is 27.6 Å². The van der Waals surface area contributed by atoms with E-state index >= 15 is 0 Å². The summed E-state index contributed by atoms with van der Waals surface area (Å²) < 4.78 is 8.80. The number of benzene rings is 2. The molecular formula is C28H34ClN2O2+.